The van der Waals surface area contributed by atoms with Crippen molar-refractivity contribution in [2.45, 2.75) is 57.7 Å². The van der Waals surface area contributed by atoms with E-state index < -0.39 is 11.2 Å². The van der Waals surface area contributed by atoms with Crippen molar-refractivity contribution in [2.75, 3.05) is 0 Å². The van der Waals surface area contributed by atoms with Crippen LogP contribution in [0.15, 0.2) is 0 Å². The molecule has 1 aliphatic rings. The summed E-state index contributed by atoms with van der Waals surface area (Å²) in [5.74, 6) is 0.249. The van der Waals surface area contributed by atoms with Crippen molar-refractivity contribution < 1.29 is 10.2 Å². The summed E-state index contributed by atoms with van der Waals surface area (Å²) < 4.78 is 0. The average molecular weight is 172 g/mol. The molecule has 1 aliphatic carbocycles. The lowest BCUT2D eigenvalue weighted by atomic mass is 9.61. The molecule has 1 rings (SSSR count). The molecule has 0 aromatic carbocycles. The highest BCUT2D eigenvalue weighted by Crippen LogP contribution is 2.47. The van der Waals surface area contributed by atoms with Gasteiger partial charge in [-0.25, -0.2) is 0 Å². The summed E-state index contributed by atoms with van der Waals surface area (Å²) in [5, 5.41) is 20.1. The molecule has 1 saturated carbocycles. The average Bonchev–Trinajstić information content (AvgIpc) is 2.00. The Labute approximate surface area is 74.6 Å². The van der Waals surface area contributed by atoms with E-state index in [1.807, 2.05) is 13.8 Å². The van der Waals surface area contributed by atoms with Crippen LogP contribution in [0.4, 0.5) is 0 Å². The van der Waals surface area contributed by atoms with Gasteiger partial charge in [-0.15, -0.1) is 0 Å². The predicted molar refractivity (Wildman–Crippen MR) is 48.9 cm³/mol. The topological polar surface area (TPSA) is 40.5 Å². The van der Waals surface area contributed by atoms with Crippen molar-refractivity contribution in [1.29, 1.82) is 0 Å². The number of rotatable bonds is 3. The molecule has 1 fully saturated rings. The molecule has 72 valence electrons. The van der Waals surface area contributed by atoms with E-state index in [1.165, 1.54) is 0 Å². The number of hydrogen-bond donors (Lipinski definition) is 2. The van der Waals surface area contributed by atoms with Gasteiger partial charge in [0.1, 0.15) is 0 Å². The van der Waals surface area contributed by atoms with E-state index in [0.717, 1.165) is 19.3 Å². The minimum atomic E-state index is -0.889. The van der Waals surface area contributed by atoms with Gasteiger partial charge in [0.15, 0.2) is 0 Å². The van der Waals surface area contributed by atoms with Crippen LogP contribution in [0.25, 0.3) is 0 Å². The second-order valence-corrected chi connectivity index (χ2v) is 4.39. The molecule has 0 saturated heterocycles. The highest BCUT2D eigenvalue weighted by atomic mass is 16.4. The third-order valence-corrected chi connectivity index (χ3v) is 3.44. The zero-order chi connectivity index (χ0) is 9.41. The third-order valence-electron chi connectivity index (χ3n) is 3.44. The van der Waals surface area contributed by atoms with Crippen LogP contribution in [-0.4, -0.2) is 21.4 Å². The molecule has 0 amide bonds. The fraction of sp³-hybridized carbons (Fsp3) is 1.00. The Balaban J connectivity index is 2.66. The van der Waals surface area contributed by atoms with Gasteiger partial charge in [0.2, 0.25) is 0 Å². The fourth-order valence-corrected chi connectivity index (χ4v) is 2.21. The van der Waals surface area contributed by atoms with Gasteiger partial charge >= 0.3 is 0 Å². The zero-order valence-electron chi connectivity index (χ0n) is 8.30. The number of aliphatic hydroxyl groups is 2. The van der Waals surface area contributed by atoms with Gasteiger partial charge in [0, 0.05) is 0 Å². The minimum Gasteiger partial charge on any atom is -0.387 e. The van der Waals surface area contributed by atoms with Crippen LogP contribution in [0.5, 0.6) is 0 Å². The summed E-state index contributed by atoms with van der Waals surface area (Å²) in [5.41, 5.74) is -1.71. The van der Waals surface area contributed by atoms with Crippen LogP contribution >= 0.6 is 0 Å². The highest BCUT2D eigenvalue weighted by Gasteiger charge is 2.54. The van der Waals surface area contributed by atoms with E-state index in [9.17, 15) is 10.2 Å². The van der Waals surface area contributed by atoms with Gasteiger partial charge < -0.3 is 10.2 Å². The van der Waals surface area contributed by atoms with Crippen molar-refractivity contribution in [2.24, 2.45) is 5.92 Å². The van der Waals surface area contributed by atoms with Crippen molar-refractivity contribution in [3.8, 4) is 0 Å². The Kier molecular flexibility index (Phi) is 2.50. The molecule has 2 nitrogen and oxygen atoms in total. The first-order valence-electron chi connectivity index (χ1n) is 4.89. The summed E-state index contributed by atoms with van der Waals surface area (Å²) in [4.78, 5) is 0. The maximum Gasteiger partial charge on any atom is 0.0956 e. The molecule has 0 bridgehead atoms. The molecular weight excluding hydrogens is 152 g/mol. The van der Waals surface area contributed by atoms with Gasteiger partial charge in [-0.05, 0) is 32.1 Å². The van der Waals surface area contributed by atoms with E-state index in [1.54, 1.807) is 6.92 Å². The number of hydrogen-bond acceptors (Lipinski definition) is 2. The lowest BCUT2D eigenvalue weighted by Crippen LogP contribution is -2.61. The lowest BCUT2D eigenvalue weighted by molar-refractivity contribution is -0.216. The monoisotopic (exact) mass is 172 g/mol. The molecule has 0 aromatic heterocycles. The van der Waals surface area contributed by atoms with E-state index >= 15 is 0 Å². The first kappa shape index (κ1) is 10.0. The van der Waals surface area contributed by atoms with E-state index in [0.29, 0.717) is 6.42 Å². The smallest absolute Gasteiger partial charge is 0.0956 e. The summed E-state index contributed by atoms with van der Waals surface area (Å²) in [6.45, 7) is 5.79. The standard InChI is InChI=1S/C10H20O2/c1-4-6-9(3,11)10(12)7-5-8(10)2/h8,11-12H,4-7H2,1-3H3. The van der Waals surface area contributed by atoms with Crippen LogP contribution in [0, 0.1) is 5.92 Å². The molecule has 0 aliphatic heterocycles. The van der Waals surface area contributed by atoms with E-state index in [-0.39, 0.29) is 5.92 Å². The molecule has 0 aromatic rings. The first-order chi connectivity index (χ1) is 5.44. The van der Waals surface area contributed by atoms with Crippen molar-refractivity contribution in [1.82, 2.24) is 0 Å². The SMILES string of the molecule is CCCC(C)(O)C1(O)CCC1C. The maximum atomic E-state index is 10.1. The molecule has 2 heteroatoms. The van der Waals surface area contributed by atoms with Gasteiger partial charge in [0.25, 0.3) is 0 Å². The normalized spacial score (nSPS) is 40.2. The Morgan fingerprint density at radius 3 is 2.42 bits per heavy atom. The van der Waals surface area contributed by atoms with Gasteiger partial charge in [0.05, 0.1) is 11.2 Å². The maximum absolute atomic E-state index is 10.1. The molecule has 2 N–H and O–H groups in total. The molecule has 0 radical (unpaired) electrons. The molecule has 3 unspecified atom stereocenters. The summed E-state index contributed by atoms with van der Waals surface area (Å²) in [6, 6.07) is 0. The van der Waals surface area contributed by atoms with Crippen LogP contribution < -0.4 is 0 Å². The van der Waals surface area contributed by atoms with Crippen LogP contribution in [0.1, 0.15) is 46.5 Å². The second-order valence-electron chi connectivity index (χ2n) is 4.39. The summed E-state index contributed by atoms with van der Waals surface area (Å²) in [6.07, 6.45) is 3.40. The molecular formula is C10H20O2. The van der Waals surface area contributed by atoms with Gasteiger partial charge in [-0.1, -0.05) is 20.3 Å². The predicted octanol–water partition coefficient (Wildman–Crippen LogP) is 1.70. The second kappa shape index (κ2) is 3.00. The van der Waals surface area contributed by atoms with Crippen molar-refractivity contribution in [3.63, 3.8) is 0 Å². The van der Waals surface area contributed by atoms with Crippen LogP contribution in [0.3, 0.4) is 0 Å². The van der Waals surface area contributed by atoms with E-state index in [2.05, 4.69) is 0 Å². The highest BCUT2D eigenvalue weighted by molar-refractivity contribution is 5.06. The zero-order valence-corrected chi connectivity index (χ0v) is 8.30. The van der Waals surface area contributed by atoms with E-state index in [4.69, 9.17) is 0 Å². The quantitative estimate of drug-likeness (QED) is 0.680. The van der Waals surface area contributed by atoms with Crippen molar-refractivity contribution in [3.05, 3.63) is 0 Å². The summed E-state index contributed by atoms with van der Waals surface area (Å²) in [7, 11) is 0. The summed E-state index contributed by atoms with van der Waals surface area (Å²) >= 11 is 0. The largest absolute Gasteiger partial charge is 0.387 e. The molecule has 0 heterocycles. The Morgan fingerprint density at radius 1 is 1.58 bits per heavy atom. The fourth-order valence-electron chi connectivity index (χ4n) is 2.21. The Bertz CT molecular complexity index is 165. The van der Waals surface area contributed by atoms with Gasteiger partial charge in [-0.3, -0.25) is 0 Å². The van der Waals surface area contributed by atoms with Gasteiger partial charge in [-0.2, -0.15) is 0 Å². The Morgan fingerprint density at radius 2 is 2.17 bits per heavy atom. The minimum absolute atomic E-state index is 0.249. The first-order valence-corrected chi connectivity index (χ1v) is 4.89. The third kappa shape index (κ3) is 1.27. The van der Waals surface area contributed by atoms with Crippen molar-refractivity contribution >= 4 is 0 Å². The molecule has 3 atom stereocenters. The Hall–Kier alpha value is -0.0800. The van der Waals surface area contributed by atoms with Crippen LogP contribution in [-0.2, 0) is 0 Å². The lowest BCUT2D eigenvalue weighted by Gasteiger charge is -2.52. The molecule has 0 spiro atoms. The molecule has 12 heavy (non-hydrogen) atoms. The van der Waals surface area contributed by atoms with Crippen LogP contribution in [0.2, 0.25) is 0 Å².